The van der Waals surface area contributed by atoms with Gasteiger partial charge in [-0.05, 0) is 42.8 Å². The highest BCUT2D eigenvalue weighted by Crippen LogP contribution is 2.34. The SMILES string of the molecule is CCCCOc1c(Cl)cc(C(=O)Nc2ccc(S(=O)(=O)Nc3nccs3)cc2)cc1Cl. The molecule has 3 rings (SSSR count). The fourth-order valence-corrected chi connectivity index (χ4v) is 4.90. The van der Waals surface area contributed by atoms with E-state index in [9.17, 15) is 13.2 Å². The zero-order valence-electron chi connectivity index (χ0n) is 16.4. The number of hydrogen-bond acceptors (Lipinski definition) is 6. The van der Waals surface area contributed by atoms with Gasteiger partial charge in [0, 0.05) is 22.8 Å². The second kappa shape index (κ2) is 10.3. The molecular formula is C20H19Cl2N3O4S2. The number of carbonyl (C=O) groups excluding carboxylic acids is 1. The number of benzene rings is 2. The van der Waals surface area contributed by atoms with Crippen LogP contribution in [0.25, 0.3) is 0 Å². The summed E-state index contributed by atoms with van der Waals surface area (Å²) in [6.07, 6.45) is 3.33. The van der Waals surface area contributed by atoms with Gasteiger partial charge < -0.3 is 10.1 Å². The van der Waals surface area contributed by atoms with Crippen molar-refractivity contribution in [3.05, 3.63) is 63.6 Å². The van der Waals surface area contributed by atoms with Crippen LogP contribution in [0.1, 0.15) is 30.1 Å². The van der Waals surface area contributed by atoms with Gasteiger partial charge in [-0.25, -0.2) is 13.4 Å². The van der Waals surface area contributed by atoms with Crippen LogP contribution < -0.4 is 14.8 Å². The maximum Gasteiger partial charge on any atom is 0.263 e. The molecule has 0 unspecified atom stereocenters. The number of rotatable bonds is 9. The number of nitrogens with zero attached hydrogens (tertiary/aromatic N) is 1. The molecule has 3 aromatic rings. The van der Waals surface area contributed by atoms with Gasteiger partial charge in [0.2, 0.25) is 0 Å². The van der Waals surface area contributed by atoms with Crippen LogP contribution in [0.4, 0.5) is 10.8 Å². The number of halogens is 2. The molecule has 0 saturated heterocycles. The van der Waals surface area contributed by atoms with Crippen molar-refractivity contribution in [2.24, 2.45) is 0 Å². The molecule has 11 heteroatoms. The van der Waals surface area contributed by atoms with E-state index in [2.05, 4.69) is 15.0 Å². The monoisotopic (exact) mass is 499 g/mol. The first-order valence-corrected chi connectivity index (χ1v) is 12.4. The predicted molar refractivity (Wildman–Crippen MR) is 124 cm³/mol. The van der Waals surface area contributed by atoms with Crippen LogP contribution in [0.15, 0.2) is 52.9 Å². The lowest BCUT2D eigenvalue weighted by molar-refractivity contribution is 0.102. The molecule has 0 fully saturated rings. The van der Waals surface area contributed by atoms with Crippen molar-refractivity contribution < 1.29 is 17.9 Å². The van der Waals surface area contributed by atoms with Gasteiger partial charge in [0.05, 0.1) is 21.5 Å². The summed E-state index contributed by atoms with van der Waals surface area (Å²) in [6, 6.07) is 8.69. The highest BCUT2D eigenvalue weighted by molar-refractivity contribution is 7.93. The number of aromatic nitrogens is 1. The van der Waals surface area contributed by atoms with Crippen molar-refractivity contribution in [1.82, 2.24) is 4.98 Å². The summed E-state index contributed by atoms with van der Waals surface area (Å²) < 4.78 is 32.7. The highest BCUT2D eigenvalue weighted by atomic mass is 35.5. The maximum absolute atomic E-state index is 12.6. The molecular weight excluding hydrogens is 481 g/mol. The van der Waals surface area contributed by atoms with Crippen LogP contribution in [0.2, 0.25) is 10.0 Å². The highest BCUT2D eigenvalue weighted by Gasteiger charge is 2.17. The molecule has 2 N–H and O–H groups in total. The normalized spacial score (nSPS) is 11.2. The number of carbonyl (C=O) groups is 1. The number of unbranched alkanes of at least 4 members (excludes halogenated alkanes) is 1. The minimum atomic E-state index is -3.77. The number of sulfonamides is 1. The summed E-state index contributed by atoms with van der Waals surface area (Å²) in [5.41, 5.74) is 0.661. The van der Waals surface area contributed by atoms with E-state index in [0.29, 0.717) is 18.0 Å². The summed E-state index contributed by atoms with van der Waals surface area (Å²) in [7, 11) is -3.77. The third-order valence-corrected chi connectivity index (χ3v) is 6.82. The van der Waals surface area contributed by atoms with Gasteiger partial charge in [-0.15, -0.1) is 11.3 Å². The average molecular weight is 500 g/mol. The van der Waals surface area contributed by atoms with Crippen molar-refractivity contribution in [3.8, 4) is 5.75 Å². The van der Waals surface area contributed by atoms with Gasteiger partial charge in [0.15, 0.2) is 10.9 Å². The van der Waals surface area contributed by atoms with E-state index in [0.717, 1.165) is 12.8 Å². The van der Waals surface area contributed by atoms with Gasteiger partial charge in [-0.2, -0.15) is 0 Å². The molecule has 1 heterocycles. The molecule has 0 saturated carbocycles. The summed E-state index contributed by atoms with van der Waals surface area (Å²) in [5, 5.41) is 5.10. The first-order chi connectivity index (χ1) is 14.8. The number of nitrogens with one attached hydrogen (secondary N) is 2. The van der Waals surface area contributed by atoms with Crippen LogP contribution >= 0.6 is 34.5 Å². The molecule has 1 aromatic heterocycles. The summed E-state index contributed by atoms with van der Waals surface area (Å²) >= 11 is 13.6. The molecule has 2 aromatic carbocycles. The zero-order valence-corrected chi connectivity index (χ0v) is 19.5. The first-order valence-electron chi connectivity index (χ1n) is 9.25. The van der Waals surface area contributed by atoms with Crippen molar-refractivity contribution in [2.45, 2.75) is 24.7 Å². The third kappa shape index (κ3) is 6.10. The van der Waals surface area contributed by atoms with E-state index in [1.54, 1.807) is 5.38 Å². The van der Waals surface area contributed by atoms with E-state index in [-0.39, 0.29) is 25.6 Å². The Hall–Kier alpha value is -2.33. The van der Waals surface area contributed by atoms with Gasteiger partial charge in [-0.1, -0.05) is 36.5 Å². The van der Waals surface area contributed by atoms with E-state index in [4.69, 9.17) is 27.9 Å². The summed E-state index contributed by atoms with van der Waals surface area (Å²) in [5.74, 6) is -0.101. The van der Waals surface area contributed by atoms with E-state index < -0.39 is 15.9 Å². The minimum Gasteiger partial charge on any atom is -0.490 e. The van der Waals surface area contributed by atoms with E-state index in [1.807, 2.05) is 6.92 Å². The molecule has 0 aliphatic carbocycles. The molecule has 0 bridgehead atoms. The Kier molecular flexibility index (Phi) is 7.77. The van der Waals surface area contributed by atoms with Crippen LogP contribution in [0, 0.1) is 0 Å². The molecule has 0 spiro atoms. The third-order valence-electron chi connectivity index (χ3n) is 4.08. The molecule has 0 aliphatic rings. The number of thiazole rings is 1. The topological polar surface area (TPSA) is 97.4 Å². The lowest BCUT2D eigenvalue weighted by Gasteiger charge is -2.12. The number of amides is 1. The van der Waals surface area contributed by atoms with E-state index >= 15 is 0 Å². The molecule has 0 radical (unpaired) electrons. The largest absolute Gasteiger partial charge is 0.490 e. The summed E-state index contributed by atoms with van der Waals surface area (Å²) in [4.78, 5) is 16.5. The minimum absolute atomic E-state index is 0.0420. The Balaban J connectivity index is 1.69. The Morgan fingerprint density at radius 2 is 1.84 bits per heavy atom. The van der Waals surface area contributed by atoms with Gasteiger partial charge in [-0.3, -0.25) is 9.52 Å². The Labute approximate surface area is 194 Å². The number of anilines is 2. The number of ether oxygens (including phenoxy) is 1. The fourth-order valence-electron chi connectivity index (χ4n) is 2.52. The Morgan fingerprint density at radius 3 is 2.42 bits per heavy atom. The standard InChI is InChI=1S/C20H19Cl2N3O4S2/c1-2-3-9-29-18-16(21)11-13(12-17(18)22)19(26)24-14-4-6-15(7-5-14)31(27,28)25-20-23-8-10-30-20/h4-8,10-12H,2-3,9H2,1H3,(H,23,25)(H,24,26). The van der Waals surface area contributed by atoms with Crippen molar-refractivity contribution in [2.75, 3.05) is 16.6 Å². The van der Waals surface area contributed by atoms with Crippen LogP contribution in [-0.4, -0.2) is 25.9 Å². The predicted octanol–water partition coefficient (Wildman–Crippen LogP) is 5.68. The molecule has 1 amide bonds. The van der Waals surface area contributed by atoms with Crippen LogP contribution in [-0.2, 0) is 10.0 Å². The second-order valence-corrected chi connectivity index (χ2v) is 9.78. The fraction of sp³-hybridized carbons (Fsp3) is 0.200. The lowest BCUT2D eigenvalue weighted by Crippen LogP contribution is -2.14. The molecule has 164 valence electrons. The average Bonchev–Trinajstić information content (AvgIpc) is 3.22. The first kappa shape index (κ1) is 23.3. The van der Waals surface area contributed by atoms with E-state index in [1.165, 1.54) is 53.9 Å². The van der Waals surface area contributed by atoms with Crippen LogP contribution in [0.5, 0.6) is 5.75 Å². The van der Waals surface area contributed by atoms with Crippen molar-refractivity contribution >= 4 is 61.3 Å². The summed E-state index contributed by atoms with van der Waals surface area (Å²) in [6.45, 7) is 2.52. The van der Waals surface area contributed by atoms with Crippen molar-refractivity contribution in [3.63, 3.8) is 0 Å². The Morgan fingerprint density at radius 1 is 1.16 bits per heavy atom. The number of hydrogen-bond donors (Lipinski definition) is 2. The quantitative estimate of drug-likeness (QED) is 0.369. The lowest BCUT2D eigenvalue weighted by atomic mass is 10.2. The maximum atomic E-state index is 12.6. The van der Waals surface area contributed by atoms with Gasteiger partial charge in [0.1, 0.15) is 0 Å². The van der Waals surface area contributed by atoms with Crippen molar-refractivity contribution in [1.29, 1.82) is 0 Å². The molecule has 31 heavy (non-hydrogen) atoms. The van der Waals surface area contributed by atoms with Gasteiger partial charge in [0.25, 0.3) is 15.9 Å². The Bertz CT molecular complexity index is 1130. The van der Waals surface area contributed by atoms with Crippen LogP contribution in [0.3, 0.4) is 0 Å². The second-order valence-electron chi connectivity index (χ2n) is 6.39. The smallest absolute Gasteiger partial charge is 0.263 e. The molecule has 7 nitrogen and oxygen atoms in total. The zero-order chi connectivity index (χ0) is 22.4. The van der Waals surface area contributed by atoms with Gasteiger partial charge >= 0.3 is 0 Å². The molecule has 0 atom stereocenters. The molecule has 0 aliphatic heterocycles.